The minimum absolute atomic E-state index is 0.0286. The van der Waals surface area contributed by atoms with E-state index in [9.17, 15) is 9.59 Å². The van der Waals surface area contributed by atoms with Crippen LogP contribution in [0.4, 0.5) is 5.88 Å². The zero-order chi connectivity index (χ0) is 16.1. The first kappa shape index (κ1) is 14.2. The van der Waals surface area contributed by atoms with Crippen molar-refractivity contribution in [3.8, 4) is 11.1 Å². The number of halogens is 1. The fourth-order valence-corrected chi connectivity index (χ4v) is 3.55. The van der Waals surface area contributed by atoms with E-state index >= 15 is 0 Å². The second-order valence-corrected chi connectivity index (χ2v) is 6.39. The van der Waals surface area contributed by atoms with E-state index in [1.807, 2.05) is 24.3 Å². The molecule has 5 heteroatoms. The number of benzene rings is 2. The van der Waals surface area contributed by atoms with Crippen LogP contribution in [0, 0.1) is 3.57 Å². The summed E-state index contributed by atoms with van der Waals surface area (Å²) in [6, 6.07) is 14.3. The third-order valence-electron chi connectivity index (χ3n) is 3.93. The first-order chi connectivity index (χ1) is 11.1. The highest BCUT2D eigenvalue weighted by molar-refractivity contribution is 14.1. The summed E-state index contributed by atoms with van der Waals surface area (Å²) in [5, 5.41) is 0. The Kier molecular flexibility index (Phi) is 3.12. The summed E-state index contributed by atoms with van der Waals surface area (Å²) in [5.41, 5.74) is 8.29. The first-order valence-corrected chi connectivity index (χ1v) is 8.03. The molecule has 0 spiro atoms. The molecule has 112 valence electrons. The van der Waals surface area contributed by atoms with Gasteiger partial charge in [-0.15, -0.1) is 0 Å². The van der Waals surface area contributed by atoms with Gasteiger partial charge >= 0.3 is 0 Å². The van der Waals surface area contributed by atoms with Crippen molar-refractivity contribution in [2.45, 2.75) is 0 Å². The lowest BCUT2D eigenvalue weighted by atomic mass is 9.85. The maximum Gasteiger partial charge on any atom is 0.229 e. The summed E-state index contributed by atoms with van der Waals surface area (Å²) < 4.78 is 6.42. The van der Waals surface area contributed by atoms with E-state index in [2.05, 4.69) is 22.6 Å². The van der Waals surface area contributed by atoms with Crippen LogP contribution in [0.3, 0.4) is 0 Å². The largest absolute Gasteiger partial charge is 0.436 e. The van der Waals surface area contributed by atoms with Crippen molar-refractivity contribution in [3.63, 3.8) is 0 Å². The third-order valence-corrected chi connectivity index (χ3v) is 4.87. The molecule has 1 aliphatic carbocycles. The molecule has 3 aromatic rings. The van der Waals surface area contributed by atoms with Crippen LogP contribution in [0.15, 0.2) is 52.9 Å². The summed E-state index contributed by atoms with van der Waals surface area (Å²) in [6.07, 6.45) is 0. The third kappa shape index (κ3) is 1.96. The number of furan rings is 1. The predicted octanol–water partition coefficient (Wildman–Crippen LogP) is 3.91. The second-order valence-electron chi connectivity index (χ2n) is 5.23. The van der Waals surface area contributed by atoms with Gasteiger partial charge in [0.1, 0.15) is 0 Å². The number of carbonyl (C=O) groups is 2. The van der Waals surface area contributed by atoms with Crippen LogP contribution in [0.25, 0.3) is 11.1 Å². The number of anilines is 1. The summed E-state index contributed by atoms with van der Waals surface area (Å²) in [4.78, 5) is 25.5. The molecule has 0 bridgehead atoms. The molecule has 0 saturated heterocycles. The minimum atomic E-state index is -0.306. The van der Waals surface area contributed by atoms with Gasteiger partial charge in [-0.25, -0.2) is 0 Å². The van der Waals surface area contributed by atoms with Gasteiger partial charge in [-0.05, 0) is 28.7 Å². The molecule has 23 heavy (non-hydrogen) atoms. The number of ketones is 2. The molecule has 0 saturated carbocycles. The number of nitrogen functional groups attached to an aromatic ring is 1. The maximum absolute atomic E-state index is 12.9. The number of carbonyl (C=O) groups excluding carboxylic acids is 2. The van der Waals surface area contributed by atoms with E-state index in [1.165, 1.54) is 0 Å². The zero-order valence-corrected chi connectivity index (χ0v) is 14.0. The SMILES string of the molecule is Nc1oc2c(c1-c1ccccc1I)C(=O)c1ccccc1C2=O. The van der Waals surface area contributed by atoms with Crippen molar-refractivity contribution >= 4 is 40.0 Å². The Morgan fingerprint density at radius 1 is 0.783 bits per heavy atom. The molecular weight excluding hydrogens is 405 g/mol. The standard InChI is InChI=1S/C18H10INO3/c19-12-8-4-3-7-11(12)13-14-15(21)9-5-1-2-6-10(9)16(22)17(14)23-18(13)20/h1-8H,20H2. The van der Waals surface area contributed by atoms with Gasteiger partial charge in [0.05, 0.1) is 11.1 Å². The van der Waals surface area contributed by atoms with Gasteiger partial charge in [-0.1, -0.05) is 42.5 Å². The Morgan fingerprint density at radius 2 is 1.35 bits per heavy atom. The minimum Gasteiger partial charge on any atom is -0.436 e. The van der Waals surface area contributed by atoms with E-state index < -0.39 is 0 Å². The molecule has 4 rings (SSSR count). The zero-order valence-electron chi connectivity index (χ0n) is 11.8. The Balaban J connectivity index is 2.04. The predicted molar refractivity (Wildman–Crippen MR) is 94.6 cm³/mol. The van der Waals surface area contributed by atoms with Gasteiger partial charge < -0.3 is 10.2 Å². The molecule has 2 aromatic carbocycles. The lowest BCUT2D eigenvalue weighted by Gasteiger charge is -2.14. The lowest BCUT2D eigenvalue weighted by Crippen LogP contribution is -2.19. The number of fused-ring (bicyclic) bond motifs is 2. The number of hydrogen-bond donors (Lipinski definition) is 1. The van der Waals surface area contributed by atoms with Gasteiger partial charge in [0.15, 0.2) is 17.4 Å². The van der Waals surface area contributed by atoms with E-state index in [1.54, 1.807) is 24.3 Å². The average molecular weight is 415 g/mol. The van der Waals surface area contributed by atoms with Crippen molar-refractivity contribution in [2.24, 2.45) is 0 Å². The average Bonchev–Trinajstić information content (AvgIpc) is 2.91. The van der Waals surface area contributed by atoms with Crippen LogP contribution in [0.2, 0.25) is 0 Å². The van der Waals surface area contributed by atoms with Gasteiger partial charge in [0.2, 0.25) is 5.78 Å². The quantitative estimate of drug-likeness (QED) is 0.479. The molecule has 0 atom stereocenters. The first-order valence-electron chi connectivity index (χ1n) is 6.95. The summed E-state index contributed by atoms with van der Waals surface area (Å²) >= 11 is 2.17. The van der Waals surface area contributed by atoms with Crippen molar-refractivity contribution in [1.82, 2.24) is 0 Å². The fraction of sp³-hybridized carbons (Fsp3) is 0. The molecule has 0 unspecified atom stereocenters. The molecule has 0 radical (unpaired) electrons. The molecule has 0 aliphatic heterocycles. The normalized spacial score (nSPS) is 12.9. The molecule has 4 nitrogen and oxygen atoms in total. The highest BCUT2D eigenvalue weighted by Gasteiger charge is 2.37. The van der Waals surface area contributed by atoms with Crippen LogP contribution < -0.4 is 5.73 Å². The second kappa shape index (κ2) is 5.06. The number of nitrogens with two attached hydrogens (primary N) is 1. The Bertz CT molecular complexity index is 988. The van der Waals surface area contributed by atoms with Gasteiger partial charge in [-0.3, -0.25) is 9.59 Å². The topological polar surface area (TPSA) is 73.3 Å². The Morgan fingerprint density at radius 3 is 2.00 bits per heavy atom. The van der Waals surface area contributed by atoms with Gasteiger partial charge in [0.25, 0.3) is 0 Å². The highest BCUT2D eigenvalue weighted by atomic mass is 127. The van der Waals surface area contributed by atoms with Crippen LogP contribution in [-0.4, -0.2) is 11.6 Å². The van der Waals surface area contributed by atoms with E-state index in [4.69, 9.17) is 10.2 Å². The molecule has 0 fully saturated rings. The van der Waals surface area contributed by atoms with Gasteiger partial charge in [0, 0.05) is 20.3 Å². The summed E-state index contributed by atoms with van der Waals surface area (Å²) in [6.45, 7) is 0. The van der Waals surface area contributed by atoms with Crippen molar-refractivity contribution in [2.75, 3.05) is 5.73 Å². The van der Waals surface area contributed by atoms with Crippen molar-refractivity contribution < 1.29 is 14.0 Å². The molecule has 1 aromatic heterocycles. The van der Waals surface area contributed by atoms with Crippen LogP contribution in [0.5, 0.6) is 0 Å². The molecule has 1 aliphatic rings. The van der Waals surface area contributed by atoms with Crippen molar-refractivity contribution in [1.29, 1.82) is 0 Å². The van der Waals surface area contributed by atoms with Crippen LogP contribution in [0.1, 0.15) is 32.0 Å². The van der Waals surface area contributed by atoms with E-state index in [0.717, 1.165) is 9.13 Å². The highest BCUT2D eigenvalue weighted by Crippen LogP contribution is 2.41. The fourth-order valence-electron chi connectivity index (χ4n) is 2.89. The lowest BCUT2D eigenvalue weighted by molar-refractivity contribution is 0.0961. The Hall–Kier alpha value is -2.41. The molecule has 2 N–H and O–H groups in total. The maximum atomic E-state index is 12.9. The number of rotatable bonds is 1. The van der Waals surface area contributed by atoms with E-state index in [-0.39, 0.29) is 28.8 Å². The molecule has 1 heterocycles. The summed E-state index contributed by atoms with van der Waals surface area (Å²) in [5.74, 6) is -0.418. The van der Waals surface area contributed by atoms with Crippen LogP contribution >= 0.6 is 22.6 Å². The van der Waals surface area contributed by atoms with Crippen LogP contribution in [-0.2, 0) is 0 Å². The van der Waals surface area contributed by atoms with Gasteiger partial charge in [-0.2, -0.15) is 0 Å². The summed E-state index contributed by atoms with van der Waals surface area (Å²) in [7, 11) is 0. The molecule has 0 amide bonds. The number of hydrogen-bond acceptors (Lipinski definition) is 4. The Labute approximate surface area is 145 Å². The van der Waals surface area contributed by atoms with E-state index in [0.29, 0.717) is 16.7 Å². The van der Waals surface area contributed by atoms with Crippen molar-refractivity contribution in [3.05, 3.63) is 74.6 Å². The monoisotopic (exact) mass is 415 g/mol. The smallest absolute Gasteiger partial charge is 0.229 e. The molecular formula is C18H10INO3.